The van der Waals surface area contributed by atoms with Gasteiger partial charge < -0.3 is 18.6 Å². The van der Waals surface area contributed by atoms with Crippen LogP contribution < -0.4 is 10.3 Å². The molecule has 0 aliphatic carbocycles. The summed E-state index contributed by atoms with van der Waals surface area (Å²) >= 11 is 0. The molecule has 9 nitrogen and oxygen atoms in total. The van der Waals surface area contributed by atoms with E-state index in [-0.39, 0.29) is 5.56 Å². The van der Waals surface area contributed by atoms with Crippen LogP contribution in [0.2, 0.25) is 0 Å². The third kappa shape index (κ3) is 3.27. The second kappa shape index (κ2) is 7.83. The van der Waals surface area contributed by atoms with Crippen molar-refractivity contribution in [1.82, 2.24) is 28.9 Å². The van der Waals surface area contributed by atoms with Crippen LogP contribution in [-0.4, -0.2) is 43.1 Å². The molecule has 0 spiro atoms. The van der Waals surface area contributed by atoms with Crippen LogP contribution in [0.25, 0.3) is 17.1 Å². The lowest BCUT2D eigenvalue weighted by Gasteiger charge is -2.09. The number of nitrogens with zero attached hydrogens (tertiary/aromatic N) is 6. The molecular weight excluding hydrogens is 408 g/mol. The highest BCUT2D eigenvalue weighted by atomic mass is 16.5. The molecule has 0 saturated carbocycles. The third-order valence-electron chi connectivity index (χ3n) is 5.39. The molecule has 5 rings (SSSR count). The van der Waals surface area contributed by atoms with Gasteiger partial charge in [-0.1, -0.05) is 5.92 Å². The van der Waals surface area contributed by atoms with E-state index in [1.54, 1.807) is 39.9 Å². The van der Waals surface area contributed by atoms with Gasteiger partial charge in [-0.15, -0.1) is 10.2 Å². The van der Waals surface area contributed by atoms with Gasteiger partial charge in [-0.2, -0.15) is 0 Å². The summed E-state index contributed by atoms with van der Waals surface area (Å²) in [6.07, 6.45) is 3.47. The number of aryl methyl sites for hydroxylation is 1. The average Bonchev–Trinajstić information content (AvgIpc) is 3.35. The van der Waals surface area contributed by atoms with Crippen molar-refractivity contribution < 1.29 is 9.47 Å². The largest absolute Gasteiger partial charge is 0.497 e. The van der Waals surface area contributed by atoms with Crippen LogP contribution in [0.4, 0.5) is 0 Å². The number of hydrogen-bond acceptors (Lipinski definition) is 6. The van der Waals surface area contributed by atoms with Crippen LogP contribution >= 0.6 is 0 Å². The van der Waals surface area contributed by atoms with Crippen LogP contribution in [0.5, 0.6) is 5.75 Å². The van der Waals surface area contributed by atoms with E-state index in [9.17, 15) is 4.79 Å². The van der Waals surface area contributed by atoms with Crippen molar-refractivity contribution in [3.8, 4) is 34.7 Å². The Hall–Kier alpha value is -4.16. The summed E-state index contributed by atoms with van der Waals surface area (Å²) < 4.78 is 16.3. The van der Waals surface area contributed by atoms with Gasteiger partial charge in [0.1, 0.15) is 24.4 Å². The molecule has 160 valence electrons. The standard InChI is InChI=1S/C23H20N6O3/c1-27-11-15(5-9-22(27)30)4-7-18-20-12-28-21(13-31-2)25-26-23(28)17-10-16(32-3)6-8-19(17)29(20)14-24-18/h5-6,8-11,14H,12-13H2,1-3H3. The van der Waals surface area contributed by atoms with E-state index < -0.39 is 0 Å². The molecule has 0 saturated heterocycles. The van der Waals surface area contributed by atoms with Gasteiger partial charge in [0.2, 0.25) is 5.56 Å². The van der Waals surface area contributed by atoms with E-state index in [4.69, 9.17) is 9.47 Å². The molecule has 3 aromatic heterocycles. The van der Waals surface area contributed by atoms with Crippen molar-refractivity contribution in [2.45, 2.75) is 13.2 Å². The fraction of sp³-hybridized carbons (Fsp3) is 0.217. The molecule has 1 aliphatic rings. The van der Waals surface area contributed by atoms with Crippen molar-refractivity contribution in [3.05, 3.63) is 76.0 Å². The number of fused-ring (bicyclic) bond motifs is 5. The van der Waals surface area contributed by atoms with Crippen LogP contribution in [-0.2, 0) is 24.9 Å². The summed E-state index contributed by atoms with van der Waals surface area (Å²) in [6, 6.07) is 9.03. The molecule has 0 N–H and O–H groups in total. The molecule has 9 heteroatoms. The summed E-state index contributed by atoms with van der Waals surface area (Å²) in [5.74, 6) is 8.44. The lowest BCUT2D eigenvalue weighted by molar-refractivity contribution is 0.174. The predicted octanol–water partition coefficient (Wildman–Crippen LogP) is 1.75. The first kappa shape index (κ1) is 19.8. The van der Waals surface area contributed by atoms with E-state index in [2.05, 4.69) is 27.0 Å². The molecule has 0 fully saturated rings. The maximum atomic E-state index is 11.6. The van der Waals surface area contributed by atoms with Crippen LogP contribution in [0.15, 0.2) is 47.7 Å². The predicted molar refractivity (Wildman–Crippen MR) is 117 cm³/mol. The average molecular weight is 428 g/mol. The third-order valence-corrected chi connectivity index (χ3v) is 5.39. The molecule has 0 atom stereocenters. The number of rotatable bonds is 3. The zero-order valence-corrected chi connectivity index (χ0v) is 17.9. The molecule has 4 aromatic rings. The Morgan fingerprint density at radius 1 is 1.12 bits per heavy atom. The summed E-state index contributed by atoms with van der Waals surface area (Å²) in [7, 11) is 4.96. The van der Waals surface area contributed by atoms with E-state index in [1.807, 2.05) is 27.3 Å². The van der Waals surface area contributed by atoms with Crippen LogP contribution in [0.3, 0.4) is 0 Å². The molecule has 4 heterocycles. The Bertz CT molecular complexity index is 1450. The summed E-state index contributed by atoms with van der Waals surface area (Å²) in [5, 5.41) is 8.76. The number of aromatic nitrogens is 6. The van der Waals surface area contributed by atoms with Gasteiger partial charge in [-0.05, 0) is 30.2 Å². The van der Waals surface area contributed by atoms with Crippen molar-refractivity contribution in [1.29, 1.82) is 0 Å². The Morgan fingerprint density at radius 3 is 2.78 bits per heavy atom. The minimum atomic E-state index is -0.0794. The normalized spacial score (nSPS) is 11.6. The molecule has 1 aliphatic heterocycles. The topological polar surface area (TPSA) is 89.0 Å². The van der Waals surface area contributed by atoms with Crippen LogP contribution in [0.1, 0.15) is 22.8 Å². The number of methoxy groups -OCH3 is 2. The highest BCUT2D eigenvalue weighted by Crippen LogP contribution is 2.34. The number of imidazole rings is 1. The molecule has 0 radical (unpaired) electrons. The van der Waals surface area contributed by atoms with E-state index in [1.165, 1.54) is 10.6 Å². The second-order valence-corrected chi connectivity index (χ2v) is 7.37. The first-order chi connectivity index (χ1) is 15.6. The van der Waals surface area contributed by atoms with E-state index in [0.717, 1.165) is 34.1 Å². The molecule has 0 amide bonds. The number of ether oxygens (including phenoxy) is 2. The number of hydrogen-bond donors (Lipinski definition) is 0. The molecule has 0 bridgehead atoms. The Balaban J connectivity index is 1.67. The lowest BCUT2D eigenvalue weighted by Crippen LogP contribution is -2.14. The Morgan fingerprint density at radius 2 is 2.00 bits per heavy atom. The summed E-state index contributed by atoms with van der Waals surface area (Å²) in [6.45, 7) is 0.814. The van der Waals surface area contributed by atoms with Crippen molar-refractivity contribution in [2.75, 3.05) is 14.2 Å². The van der Waals surface area contributed by atoms with Gasteiger partial charge in [-0.3, -0.25) is 9.36 Å². The van der Waals surface area contributed by atoms with Gasteiger partial charge in [0.25, 0.3) is 0 Å². The summed E-state index contributed by atoms with van der Waals surface area (Å²) in [4.78, 5) is 16.2. The first-order valence-corrected chi connectivity index (χ1v) is 9.93. The van der Waals surface area contributed by atoms with E-state index in [0.29, 0.717) is 24.7 Å². The zero-order chi connectivity index (χ0) is 22.2. The van der Waals surface area contributed by atoms with Gasteiger partial charge in [0.05, 0.1) is 25.0 Å². The maximum absolute atomic E-state index is 11.6. The maximum Gasteiger partial charge on any atom is 0.250 e. The van der Waals surface area contributed by atoms with Crippen molar-refractivity contribution in [3.63, 3.8) is 0 Å². The second-order valence-electron chi connectivity index (χ2n) is 7.37. The molecule has 1 aromatic carbocycles. The minimum Gasteiger partial charge on any atom is -0.497 e. The fourth-order valence-electron chi connectivity index (χ4n) is 3.75. The molecule has 32 heavy (non-hydrogen) atoms. The van der Waals surface area contributed by atoms with Crippen molar-refractivity contribution in [2.24, 2.45) is 7.05 Å². The smallest absolute Gasteiger partial charge is 0.250 e. The SMILES string of the molecule is COCc1nnc2n1Cc1c(C#Cc3ccc(=O)n(C)c3)ncn1-c1ccc(OC)cc1-2. The zero-order valence-electron chi connectivity index (χ0n) is 17.9. The van der Waals surface area contributed by atoms with E-state index >= 15 is 0 Å². The number of benzene rings is 1. The van der Waals surface area contributed by atoms with Gasteiger partial charge in [-0.25, -0.2) is 4.98 Å². The lowest BCUT2D eigenvalue weighted by atomic mass is 10.1. The Labute approximate surface area is 183 Å². The monoisotopic (exact) mass is 428 g/mol. The summed E-state index contributed by atoms with van der Waals surface area (Å²) in [5.41, 5.74) is 4.00. The fourth-order valence-corrected chi connectivity index (χ4v) is 3.75. The minimum absolute atomic E-state index is 0.0794. The van der Waals surface area contributed by atoms with Crippen molar-refractivity contribution >= 4 is 0 Å². The highest BCUT2D eigenvalue weighted by Gasteiger charge is 2.26. The van der Waals surface area contributed by atoms with Crippen LogP contribution in [0, 0.1) is 11.8 Å². The van der Waals surface area contributed by atoms with Gasteiger partial charge in [0, 0.05) is 37.5 Å². The Kier molecular flexibility index (Phi) is 4.84. The molecule has 0 unspecified atom stereocenters. The van der Waals surface area contributed by atoms with Gasteiger partial charge >= 0.3 is 0 Å². The first-order valence-electron chi connectivity index (χ1n) is 9.93. The van der Waals surface area contributed by atoms with Gasteiger partial charge in [0.15, 0.2) is 11.6 Å². The molecular formula is C23H20N6O3. The quantitative estimate of drug-likeness (QED) is 0.407. The highest BCUT2D eigenvalue weighted by molar-refractivity contribution is 5.71. The number of pyridine rings is 1.